The monoisotopic (exact) mass is 395 g/mol. The average molecular weight is 395 g/mol. The van der Waals surface area contributed by atoms with Crippen molar-refractivity contribution in [2.45, 2.75) is 52.4 Å². The number of aromatic carboxylic acids is 1. The first-order valence-electron chi connectivity index (χ1n) is 9.50. The van der Waals surface area contributed by atoms with E-state index in [0.29, 0.717) is 0 Å². The number of aromatic hydroxyl groups is 1. The molecular formula is C24H29NO4. The van der Waals surface area contributed by atoms with E-state index in [1.54, 1.807) is 24.3 Å². The van der Waals surface area contributed by atoms with Crippen LogP contribution in [0.4, 0.5) is 5.69 Å². The van der Waals surface area contributed by atoms with Gasteiger partial charge in [0.15, 0.2) is 0 Å². The van der Waals surface area contributed by atoms with E-state index in [1.807, 2.05) is 53.7 Å². The summed E-state index contributed by atoms with van der Waals surface area (Å²) in [5.74, 6) is -1.25. The van der Waals surface area contributed by atoms with Crippen molar-refractivity contribution in [3.63, 3.8) is 0 Å². The molecule has 0 radical (unpaired) electrons. The van der Waals surface area contributed by atoms with Crippen molar-refractivity contribution in [1.29, 1.82) is 0 Å². The number of anilines is 1. The van der Waals surface area contributed by atoms with Crippen LogP contribution < -0.4 is 5.32 Å². The van der Waals surface area contributed by atoms with Gasteiger partial charge < -0.3 is 15.5 Å². The molecular weight excluding hydrogens is 366 g/mol. The van der Waals surface area contributed by atoms with Crippen LogP contribution in [0.5, 0.6) is 5.75 Å². The Morgan fingerprint density at radius 2 is 1.45 bits per heavy atom. The molecule has 2 aromatic carbocycles. The third kappa shape index (κ3) is 5.47. The van der Waals surface area contributed by atoms with Gasteiger partial charge in [0.05, 0.1) is 11.3 Å². The topological polar surface area (TPSA) is 86.6 Å². The fraction of sp³-hybridized carbons (Fsp3) is 0.333. The fourth-order valence-corrected chi connectivity index (χ4v) is 3.02. The number of benzene rings is 2. The SMILES string of the molecule is CC(C)(C)c1cc(C=CC(=O)Nc2ccccc2C(=O)O)cc(C(C)(C)C)c1O. The second-order valence-corrected chi connectivity index (χ2v) is 9.14. The van der Waals surface area contributed by atoms with Crippen LogP contribution in [0.1, 0.15) is 68.6 Å². The predicted molar refractivity (Wildman–Crippen MR) is 117 cm³/mol. The van der Waals surface area contributed by atoms with Crippen molar-refractivity contribution >= 4 is 23.6 Å². The number of phenols is 1. The van der Waals surface area contributed by atoms with E-state index in [4.69, 9.17) is 0 Å². The molecule has 0 saturated heterocycles. The molecule has 3 N–H and O–H groups in total. The average Bonchev–Trinajstić information content (AvgIpc) is 2.59. The Labute approximate surface area is 172 Å². The number of phenolic OH excluding ortho intramolecular Hbond substituents is 1. The number of carboxylic acid groups (broad SMARTS) is 1. The zero-order valence-corrected chi connectivity index (χ0v) is 17.8. The highest BCUT2D eigenvalue weighted by Crippen LogP contribution is 2.40. The Bertz CT molecular complexity index is 925. The van der Waals surface area contributed by atoms with Crippen molar-refractivity contribution in [2.75, 3.05) is 5.32 Å². The molecule has 2 aromatic rings. The van der Waals surface area contributed by atoms with Crippen LogP contribution in [-0.4, -0.2) is 22.1 Å². The molecule has 0 fully saturated rings. The third-order valence-electron chi connectivity index (χ3n) is 4.59. The molecule has 0 aliphatic carbocycles. The largest absolute Gasteiger partial charge is 0.507 e. The van der Waals surface area contributed by atoms with E-state index >= 15 is 0 Å². The van der Waals surface area contributed by atoms with Crippen LogP contribution in [-0.2, 0) is 15.6 Å². The normalized spacial score (nSPS) is 12.2. The Morgan fingerprint density at radius 1 is 0.931 bits per heavy atom. The Hall–Kier alpha value is -3.08. The van der Waals surface area contributed by atoms with Gasteiger partial charge >= 0.3 is 5.97 Å². The molecule has 0 atom stereocenters. The van der Waals surface area contributed by atoms with Gasteiger partial charge in [0.25, 0.3) is 0 Å². The van der Waals surface area contributed by atoms with Crippen LogP contribution in [0.2, 0.25) is 0 Å². The molecule has 1 amide bonds. The van der Waals surface area contributed by atoms with E-state index in [1.165, 1.54) is 12.1 Å². The standard InChI is InChI=1S/C24H29NO4/c1-23(2,3)17-13-15(14-18(21(17)27)24(4,5)6)11-12-20(26)25-19-10-8-7-9-16(19)22(28)29/h7-14,27H,1-6H3,(H,25,26)(H,28,29). The van der Waals surface area contributed by atoms with Gasteiger partial charge in [-0.25, -0.2) is 4.79 Å². The number of rotatable bonds is 4. The van der Waals surface area contributed by atoms with Gasteiger partial charge in [-0.05, 0) is 46.7 Å². The summed E-state index contributed by atoms with van der Waals surface area (Å²) in [5, 5.41) is 22.6. The maximum absolute atomic E-state index is 12.4. The number of hydrogen-bond acceptors (Lipinski definition) is 3. The van der Waals surface area contributed by atoms with Gasteiger partial charge in [-0.3, -0.25) is 4.79 Å². The molecule has 0 spiro atoms. The quantitative estimate of drug-likeness (QED) is 0.610. The van der Waals surface area contributed by atoms with Gasteiger partial charge in [0.2, 0.25) is 5.91 Å². The van der Waals surface area contributed by atoms with E-state index in [2.05, 4.69) is 5.32 Å². The Morgan fingerprint density at radius 3 is 1.93 bits per heavy atom. The lowest BCUT2D eigenvalue weighted by Crippen LogP contribution is -2.17. The van der Waals surface area contributed by atoms with Crippen molar-refractivity contribution in [2.24, 2.45) is 0 Å². The molecule has 0 heterocycles. The minimum atomic E-state index is -1.10. The van der Waals surface area contributed by atoms with E-state index in [0.717, 1.165) is 16.7 Å². The molecule has 29 heavy (non-hydrogen) atoms. The van der Waals surface area contributed by atoms with Crippen LogP contribution in [0.15, 0.2) is 42.5 Å². The number of para-hydroxylation sites is 1. The fourth-order valence-electron chi connectivity index (χ4n) is 3.02. The minimum Gasteiger partial charge on any atom is -0.507 e. The first kappa shape index (κ1) is 22.2. The highest BCUT2D eigenvalue weighted by molar-refractivity contribution is 6.06. The molecule has 5 nitrogen and oxygen atoms in total. The molecule has 154 valence electrons. The molecule has 0 aliphatic rings. The van der Waals surface area contributed by atoms with Crippen LogP contribution in [0.25, 0.3) is 6.08 Å². The molecule has 0 saturated carbocycles. The summed E-state index contributed by atoms with van der Waals surface area (Å²) in [4.78, 5) is 23.6. The van der Waals surface area contributed by atoms with Crippen LogP contribution >= 0.6 is 0 Å². The van der Waals surface area contributed by atoms with Gasteiger partial charge in [-0.2, -0.15) is 0 Å². The summed E-state index contributed by atoms with van der Waals surface area (Å²) in [5.41, 5.74) is 2.14. The molecule has 0 unspecified atom stereocenters. The van der Waals surface area contributed by atoms with Crippen molar-refractivity contribution in [1.82, 2.24) is 0 Å². The number of carboxylic acids is 1. The maximum Gasteiger partial charge on any atom is 0.337 e. The van der Waals surface area contributed by atoms with E-state index in [9.17, 15) is 19.8 Å². The summed E-state index contributed by atoms with van der Waals surface area (Å²) in [6.45, 7) is 12.2. The molecule has 0 bridgehead atoms. The Balaban J connectivity index is 2.37. The molecule has 0 aromatic heterocycles. The zero-order valence-electron chi connectivity index (χ0n) is 17.8. The predicted octanol–water partition coefficient (Wildman–Crippen LogP) is 5.34. The number of nitrogens with one attached hydrogen (secondary N) is 1. The molecule has 2 rings (SSSR count). The first-order chi connectivity index (χ1) is 13.3. The van der Waals surface area contributed by atoms with E-state index < -0.39 is 11.9 Å². The van der Waals surface area contributed by atoms with Gasteiger partial charge in [0, 0.05) is 17.2 Å². The second kappa shape index (κ2) is 8.11. The minimum absolute atomic E-state index is 0.0314. The number of hydrogen-bond donors (Lipinski definition) is 3. The lowest BCUT2D eigenvalue weighted by atomic mass is 9.78. The smallest absolute Gasteiger partial charge is 0.337 e. The third-order valence-corrected chi connectivity index (χ3v) is 4.59. The van der Waals surface area contributed by atoms with Gasteiger partial charge in [-0.1, -0.05) is 53.7 Å². The molecule has 5 heteroatoms. The summed E-state index contributed by atoms with van der Waals surface area (Å²) in [6.07, 6.45) is 3.03. The highest BCUT2D eigenvalue weighted by atomic mass is 16.4. The second-order valence-electron chi connectivity index (χ2n) is 9.14. The van der Waals surface area contributed by atoms with Gasteiger partial charge in [0.1, 0.15) is 5.75 Å². The van der Waals surface area contributed by atoms with Crippen molar-refractivity contribution < 1.29 is 19.8 Å². The van der Waals surface area contributed by atoms with Crippen molar-refractivity contribution in [3.05, 3.63) is 64.7 Å². The van der Waals surface area contributed by atoms with Crippen LogP contribution in [0, 0.1) is 0 Å². The summed E-state index contributed by atoms with van der Waals surface area (Å²) < 4.78 is 0. The van der Waals surface area contributed by atoms with Crippen molar-refractivity contribution in [3.8, 4) is 5.75 Å². The first-order valence-corrected chi connectivity index (χ1v) is 9.50. The van der Waals surface area contributed by atoms with Gasteiger partial charge in [-0.15, -0.1) is 0 Å². The number of carbonyl (C=O) groups is 2. The maximum atomic E-state index is 12.4. The lowest BCUT2D eigenvalue weighted by molar-refractivity contribution is -0.111. The van der Waals surface area contributed by atoms with E-state index in [-0.39, 0.29) is 27.8 Å². The number of amides is 1. The zero-order chi connectivity index (χ0) is 22.0. The number of carbonyl (C=O) groups excluding carboxylic acids is 1. The van der Waals surface area contributed by atoms with Crippen LogP contribution in [0.3, 0.4) is 0 Å². The molecule has 0 aliphatic heterocycles. The summed E-state index contributed by atoms with van der Waals surface area (Å²) in [6, 6.07) is 10.0. The highest BCUT2D eigenvalue weighted by Gasteiger charge is 2.26. The summed E-state index contributed by atoms with van der Waals surface area (Å²) in [7, 11) is 0. The Kier molecular flexibility index (Phi) is 6.21. The summed E-state index contributed by atoms with van der Waals surface area (Å²) >= 11 is 0. The lowest BCUT2D eigenvalue weighted by Gasteiger charge is -2.27.